The van der Waals surface area contributed by atoms with Crippen molar-refractivity contribution in [1.82, 2.24) is 15.3 Å². The molecule has 1 fully saturated rings. The van der Waals surface area contributed by atoms with Crippen molar-refractivity contribution in [3.63, 3.8) is 0 Å². The molecule has 156 valence electrons. The number of rotatable bonds is 7. The van der Waals surface area contributed by atoms with E-state index >= 15 is 0 Å². The van der Waals surface area contributed by atoms with Gasteiger partial charge in [-0.15, -0.1) is 0 Å². The van der Waals surface area contributed by atoms with Crippen LogP contribution in [0.3, 0.4) is 0 Å². The van der Waals surface area contributed by atoms with Crippen LogP contribution in [0.15, 0.2) is 29.1 Å². The van der Waals surface area contributed by atoms with Gasteiger partial charge in [0.1, 0.15) is 5.82 Å². The van der Waals surface area contributed by atoms with Crippen molar-refractivity contribution in [3.05, 3.63) is 40.4 Å². The Morgan fingerprint density at radius 1 is 1.21 bits per heavy atom. The summed E-state index contributed by atoms with van der Waals surface area (Å²) < 4.78 is 5.27. The topological polar surface area (TPSA) is 101 Å². The highest BCUT2D eigenvalue weighted by molar-refractivity contribution is 5.83. The Labute approximate surface area is 170 Å². The van der Waals surface area contributed by atoms with Crippen molar-refractivity contribution < 1.29 is 14.3 Å². The molecule has 2 N–H and O–H groups in total. The molecule has 1 aromatic heterocycles. The molecule has 0 spiro atoms. The summed E-state index contributed by atoms with van der Waals surface area (Å²) in [5.74, 6) is -0.108. The number of aromatic amines is 1. The van der Waals surface area contributed by atoms with Gasteiger partial charge in [-0.05, 0) is 38.3 Å². The highest BCUT2D eigenvalue weighted by Crippen LogP contribution is 2.17. The Hall–Kier alpha value is -2.70. The van der Waals surface area contributed by atoms with Gasteiger partial charge in [0.25, 0.3) is 11.5 Å². The smallest absolute Gasteiger partial charge is 0.306 e. The molecule has 0 saturated heterocycles. The molecule has 0 bridgehead atoms. The Morgan fingerprint density at radius 3 is 2.69 bits per heavy atom. The van der Waals surface area contributed by atoms with Crippen molar-refractivity contribution in [1.29, 1.82) is 0 Å². The van der Waals surface area contributed by atoms with Crippen LogP contribution < -0.4 is 10.9 Å². The van der Waals surface area contributed by atoms with Crippen LogP contribution >= 0.6 is 0 Å². The number of fused-ring (bicyclic) bond motifs is 1. The maximum Gasteiger partial charge on any atom is 0.306 e. The lowest BCUT2D eigenvalue weighted by atomic mass is 10.1. The number of aromatic nitrogens is 2. The molecular weight excluding hydrogens is 370 g/mol. The molecule has 0 unspecified atom stereocenters. The van der Waals surface area contributed by atoms with Crippen LogP contribution in [0.5, 0.6) is 0 Å². The molecule has 29 heavy (non-hydrogen) atoms. The molecule has 0 aliphatic heterocycles. The largest absolute Gasteiger partial charge is 0.453 e. The second-order valence-corrected chi connectivity index (χ2v) is 7.71. The molecule has 3 rings (SSSR count). The number of carbonyl (C=O) groups excluding carboxylic acids is 2. The van der Waals surface area contributed by atoms with E-state index in [0.29, 0.717) is 29.6 Å². The number of H-pyrrole nitrogens is 1. The minimum Gasteiger partial charge on any atom is -0.453 e. The molecule has 1 aliphatic carbocycles. The quantitative estimate of drug-likeness (QED) is 0.550. The van der Waals surface area contributed by atoms with Crippen LogP contribution in [0.25, 0.3) is 10.9 Å². The normalized spacial score (nSPS) is 16.2. The van der Waals surface area contributed by atoms with Crippen LogP contribution in [-0.4, -0.2) is 34.0 Å². The fraction of sp³-hybridized carbons (Fsp3) is 0.545. The van der Waals surface area contributed by atoms with Gasteiger partial charge in [0, 0.05) is 18.9 Å². The van der Waals surface area contributed by atoms with E-state index in [0.717, 1.165) is 25.7 Å². The van der Waals surface area contributed by atoms with E-state index < -0.39 is 12.1 Å². The number of hydrogen-bond donors (Lipinski definition) is 2. The van der Waals surface area contributed by atoms with E-state index in [9.17, 15) is 14.4 Å². The van der Waals surface area contributed by atoms with E-state index in [1.54, 1.807) is 25.1 Å². The first-order valence-corrected chi connectivity index (χ1v) is 10.5. The summed E-state index contributed by atoms with van der Waals surface area (Å²) in [6.07, 6.45) is 6.97. The third kappa shape index (κ3) is 6.14. The summed E-state index contributed by atoms with van der Waals surface area (Å²) in [4.78, 5) is 43.6. The van der Waals surface area contributed by atoms with Crippen molar-refractivity contribution in [2.45, 2.75) is 76.9 Å². The molecule has 1 heterocycles. The molecule has 7 nitrogen and oxygen atoms in total. The maximum absolute atomic E-state index is 12.3. The highest BCUT2D eigenvalue weighted by Gasteiger charge is 2.21. The van der Waals surface area contributed by atoms with Gasteiger partial charge in [-0.2, -0.15) is 0 Å². The first-order chi connectivity index (χ1) is 14.0. The number of hydrogen-bond acceptors (Lipinski definition) is 5. The summed E-state index contributed by atoms with van der Waals surface area (Å²) in [7, 11) is 0. The number of aryl methyl sites for hydroxylation is 1. The zero-order valence-corrected chi connectivity index (χ0v) is 16.9. The number of amides is 1. The van der Waals surface area contributed by atoms with Crippen LogP contribution in [-0.2, 0) is 20.7 Å². The molecule has 2 aromatic rings. The van der Waals surface area contributed by atoms with Gasteiger partial charge in [0.2, 0.25) is 0 Å². The lowest BCUT2D eigenvalue weighted by Gasteiger charge is -2.19. The summed E-state index contributed by atoms with van der Waals surface area (Å²) in [6, 6.07) is 7.32. The fourth-order valence-electron chi connectivity index (χ4n) is 3.71. The number of ether oxygens (including phenoxy) is 1. The Kier molecular flexibility index (Phi) is 7.38. The van der Waals surface area contributed by atoms with Gasteiger partial charge in [0.15, 0.2) is 6.10 Å². The minimum absolute atomic E-state index is 0.164. The van der Waals surface area contributed by atoms with Crippen LogP contribution in [0.1, 0.15) is 64.1 Å². The molecule has 7 heteroatoms. The molecule has 1 atom stereocenters. The summed E-state index contributed by atoms with van der Waals surface area (Å²) in [6.45, 7) is 1.60. The minimum atomic E-state index is -0.802. The molecule has 1 aliphatic rings. The molecule has 0 radical (unpaired) electrons. The van der Waals surface area contributed by atoms with Crippen molar-refractivity contribution in [3.8, 4) is 0 Å². The SMILES string of the molecule is C[C@@H](OC(=O)CCCc1nc2ccccc2c(=O)[nH]1)C(=O)NC1CCCCCC1. The number of nitrogens with zero attached hydrogens (tertiary/aromatic N) is 1. The average Bonchev–Trinajstić information content (AvgIpc) is 2.96. The van der Waals surface area contributed by atoms with Gasteiger partial charge in [-0.25, -0.2) is 4.98 Å². The van der Waals surface area contributed by atoms with Crippen molar-refractivity contribution in [2.75, 3.05) is 0 Å². The second-order valence-electron chi connectivity index (χ2n) is 7.71. The van der Waals surface area contributed by atoms with Gasteiger partial charge in [-0.3, -0.25) is 14.4 Å². The third-order valence-corrected chi connectivity index (χ3v) is 5.34. The van der Waals surface area contributed by atoms with Gasteiger partial charge < -0.3 is 15.0 Å². The number of esters is 1. The highest BCUT2D eigenvalue weighted by atomic mass is 16.5. The number of carbonyl (C=O) groups is 2. The standard InChI is InChI=1S/C22H29N3O4/c1-15(21(27)23-16-9-4-2-3-5-10-16)29-20(26)14-8-13-19-24-18-12-7-6-11-17(18)22(28)25-19/h6-7,11-12,15-16H,2-5,8-10,13-14H2,1H3,(H,23,27)(H,24,25,28)/t15-/m1/s1. The zero-order valence-electron chi connectivity index (χ0n) is 16.9. The number of para-hydroxylation sites is 1. The summed E-state index contributed by atoms with van der Waals surface area (Å²) in [5, 5.41) is 3.55. The first kappa shape index (κ1) is 21.0. The molecule has 1 amide bonds. The molecule has 1 saturated carbocycles. The van der Waals surface area contributed by atoms with Crippen LogP contribution in [0.2, 0.25) is 0 Å². The number of benzene rings is 1. The van der Waals surface area contributed by atoms with Crippen molar-refractivity contribution >= 4 is 22.8 Å². The van der Waals surface area contributed by atoms with Gasteiger partial charge in [0.05, 0.1) is 10.9 Å². The van der Waals surface area contributed by atoms with Crippen molar-refractivity contribution in [2.24, 2.45) is 0 Å². The lowest BCUT2D eigenvalue weighted by molar-refractivity contribution is -0.155. The Morgan fingerprint density at radius 2 is 1.93 bits per heavy atom. The zero-order chi connectivity index (χ0) is 20.6. The van der Waals surface area contributed by atoms with E-state index in [1.165, 1.54) is 12.8 Å². The lowest BCUT2D eigenvalue weighted by Crippen LogP contribution is -2.41. The maximum atomic E-state index is 12.3. The van der Waals surface area contributed by atoms with Gasteiger partial charge in [-0.1, -0.05) is 37.8 Å². The first-order valence-electron chi connectivity index (χ1n) is 10.5. The summed E-state index contributed by atoms with van der Waals surface area (Å²) >= 11 is 0. The van der Waals surface area contributed by atoms with E-state index in [2.05, 4.69) is 15.3 Å². The number of nitrogens with one attached hydrogen (secondary N) is 2. The monoisotopic (exact) mass is 399 g/mol. The predicted molar refractivity (Wildman–Crippen MR) is 110 cm³/mol. The molecule has 1 aromatic carbocycles. The molecular formula is C22H29N3O4. The van der Waals surface area contributed by atoms with Crippen LogP contribution in [0, 0.1) is 0 Å². The van der Waals surface area contributed by atoms with E-state index in [4.69, 9.17) is 4.74 Å². The average molecular weight is 399 g/mol. The predicted octanol–water partition coefficient (Wildman–Crippen LogP) is 3.02. The van der Waals surface area contributed by atoms with E-state index in [-0.39, 0.29) is 23.9 Å². The third-order valence-electron chi connectivity index (χ3n) is 5.34. The summed E-state index contributed by atoms with van der Waals surface area (Å²) in [5.41, 5.74) is 0.453. The Bertz CT molecular complexity index is 900. The van der Waals surface area contributed by atoms with Gasteiger partial charge >= 0.3 is 5.97 Å². The second kappa shape index (κ2) is 10.2. The fourth-order valence-corrected chi connectivity index (χ4v) is 3.71. The van der Waals surface area contributed by atoms with E-state index in [1.807, 2.05) is 6.07 Å². The Balaban J connectivity index is 1.43. The van der Waals surface area contributed by atoms with Crippen LogP contribution in [0.4, 0.5) is 0 Å².